The van der Waals surface area contributed by atoms with Crippen molar-refractivity contribution < 1.29 is 9.90 Å². The predicted molar refractivity (Wildman–Crippen MR) is 123 cm³/mol. The Morgan fingerprint density at radius 1 is 1.16 bits per heavy atom. The second-order valence-corrected chi connectivity index (χ2v) is 8.09. The number of hydrogen-bond acceptors (Lipinski definition) is 5. The Morgan fingerprint density at radius 3 is 2.66 bits per heavy atom. The number of hydrogen-bond donors (Lipinski definition) is 3. The van der Waals surface area contributed by atoms with Crippen molar-refractivity contribution in [2.75, 3.05) is 0 Å². The van der Waals surface area contributed by atoms with E-state index in [-0.39, 0.29) is 41.1 Å². The van der Waals surface area contributed by atoms with Crippen LogP contribution in [0.5, 0.6) is 5.75 Å². The van der Waals surface area contributed by atoms with E-state index in [4.69, 9.17) is 11.6 Å². The third-order valence-corrected chi connectivity index (χ3v) is 5.43. The second kappa shape index (κ2) is 11.0. The van der Waals surface area contributed by atoms with Gasteiger partial charge in [-0.15, -0.1) is 0 Å². The number of aromatic nitrogens is 4. The number of nitrogens with one attached hydrogen (secondary N) is 2. The average Bonchev–Trinajstić information content (AvgIpc) is 3.16. The molecule has 0 fully saturated rings. The van der Waals surface area contributed by atoms with Crippen LogP contribution in [0.4, 0.5) is 0 Å². The summed E-state index contributed by atoms with van der Waals surface area (Å²) in [6.45, 7) is 3.07. The average molecular weight is 462 g/mol. The van der Waals surface area contributed by atoms with E-state index in [1.165, 1.54) is 9.13 Å². The van der Waals surface area contributed by atoms with Gasteiger partial charge < -0.3 is 15.4 Å². The number of nitrogens with zero attached hydrogens (tertiary/aromatic N) is 3. The summed E-state index contributed by atoms with van der Waals surface area (Å²) >= 11 is 5.95. The van der Waals surface area contributed by atoms with Crippen molar-refractivity contribution in [1.82, 2.24) is 24.4 Å². The van der Waals surface area contributed by atoms with Crippen LogP contribution in [0, 0.1) is 0 Å². The molecular weight excluding hydrogens is 434 g/mol. The monoisotopic (exact) mass is 461 g/mol. The van der Waals surface area contributed by atoms with Crippen LogP contribution in [-0.4, -0.2) is 30.1 Å². The van der Waals surface area contributed by atoms with Gasteiger partial charge in [0.25, 0.3) is 5.56 Å². The number of imidazole rings is 1. The highest BCUT2D eigenvalue weighted by atomic mass is 35.5. The standard InChI is InChI=1S/C22H28ClN5O4/c1-2-3-5-11-27-19-18(25-21(23)26-19)20(31)28(22(27)32)12-6-4-10-17(30)24-14-15-8-7-9-16(29)13-15/h7-9,13,29H,2-6,10-12,14H2,1H3,(H,24,30)(H,25,26). The second-order valence-electron chi connectivity index (χ2n) is 7.73. The molecule has 0 aliphatic rings. The van der Waals surface area contributed by atoms with Crippen molar-refractivity contribution in [3.05, 3.63) is 56.0 Å². The number of H-pyrrole nitrogens is 1. The summed E-state index contributed by atoms with van der Waals surface area (Å²) in [4.78, 5) is 44.7. The van der Waals surface area contributed by atoms with Crippen LogP contribution >= 0.6 is 11.6 Å². The largest absolute Gasteiger partial charge is 0.508 e. The number of phenols is 1. The number of phenolic OH excluding ortho intramolecular Hbond substituents is 1. The van der Waals surface area contributed by atoms with Crippen molar-refractivity contribution in [2.45, 2.75) is 65.1 Å². The fourth-order valence-corrected chi connectivity index (χ4v) is 3.74. The predicted octanol–water partition coefficient (Wildman–Crippen LogP) is 2.92. The maximum absolute atomic E-state index is 13.0. The lowest BCUT2D eigenvalue weighted by Gasteiger charge is -2.11. The molecule has 9 nitrogen and oxygen atoms in total. The molecule has 0 atom stereocenters. The number of unbranched alkanes of at least 4 members (excludes halogenated alkanes) is 3. The highest BCUT2D eigenvalue weighted by Crippen LogP contribution is 2.12. The minimum atomic E-state index is -0.454. The first-order valence-electron chi connectivity index (χ1n) is 10.8. The molecule has 3 aromatic rings. The molecule has 1 aromatic carbocycles. The van der Waals surface area contributed by atoms with E-state index in [9.17, 15) is 19.5 Å². The first-order valence-corrected chi connectivity index (χ1v) is 11.2. The van der Waals surface area contributed by atoms with Crippen LogP contribution in [0.25, 0.3) is 11.2 Å². The van der Waals surface area contributed by atoms with Gasteiger partial charge >= 0.3 is 5.69 Å². The number of amides is 1. The van der Waals surface area contributed by atoms with E-state index in [1.54, 1.807) is 18.2 Å². The molecule has 2 heterocycles. The lowest BCUT2D eigenvalue weighted by Crippen LogP contribution is -2.40. The van der Waals surface area contributed by atoms with Crippen LogP contribution in [-0.2, 0) is 24.4 Å². The number of benzene rings is 1. The summed E-state index contributed by atoms with van der Waals surface area (Å²) in [6, 6.07) is 6.69. The summed E-state index contributed by atoms with van der Waals surface area (Å²) in [7, 11) is 0. The highest BCUT2D eigenvalue weighted by Gasteiger charge is 2.16. The van der Waals surface area contributed by atoms with Gasteiger partial charge in [0.15, 0.2) is 11.2 Å². The van der Waals surface area contributed by atoms with E-state index >= 15 is 0 Å². The van der Waals surface area contributed by atoms with E-state index < -0.39 is 11.2 Å². The smallest absolute Gasteiger partial charge is 0.332 e. The first kappa shape index (κ1) is 23.6. The minimum Gasteiger partial charge on any atom is -0.508 e. The Labute approximate surface area is 190 Å². The van der Waals surface area contributed by atoms with Gasteiger partial charge in [-0.3, -0.25) is 18.7 Å². The summed E-state index contributed by atoms with van der Waals surface area (Å²) in [5.41, 5.74) is 0.443. The van der Waals surface area contributed by atoms with Crippen molar-refractivity contribution in [1.29, 1.82) is 0 Å². The Balaban J connectivity index is 1.61. The van der Waals surface area contributed by atoms with Crippen LogP contribution < -0.4 is 16.6 Å². The Bertz CT molecular complexity index is 1200. The SMILES string of the molecule is CCCCCn1c(=O)n(CCCCC(=O)NCc2cccc(O)c2)c(=O)c2[nH]c(Cl)nc21. The normalized spacial score (nSPS) is 11.2. The maximum Gasteiger partial charge on any atom is 0.332 e. The maximum atomic E-state index is 13.0. The molecule has 0 saturated heterocycles. The van der Waals surface area contributed by atoms with Gasteiger partial charge in [0.1, 0.15) is 5.75 Å². The lowest BCUT2D eigenvalue weighted by molar-refractivity contribution is -0.121. The van der Waals surface area contributed by atoms with Crippen LogP contribution in [0.1, 0.15) is 51.0 Å². The number of halogens is 1. The van der Waals surface area contributed by atoms with Gasteiger partial charge in [-0.1, -0.05) is 31.9 Å². The van der Waals surface area contributed by atoms with Crippen LogP contribution in [0.2, 0.25) is 5.28 Å². The molecule has 32 heavy (non-hydrogen) atoms. The number of fused-ring (bicyclic) bond motifs is 1. The van der Waals surface area contributed by atoms with E-state index in [0.29, 0.717) is 25.9 Å². The van der Waals surface area contributed by atoms with Gasteiger partial charge in [-0.05, 0) is 48.6 Å². The summed E-state index contributed by atoms with van der Waals surface area (Å²) < 4.78 is 2.68. The van der Waals surface area contributed by atoms with Gasteiger partial charge in [0.05, 0.1) is 0 Å². The molecule has 0 unspecified atom stereocenters. The third-order valence-electron chi connectivity index (χ3n) is 5.25. The fraction of sp³-hybridized carbons (Fsp3) is 0.455. The number of aromatic amines is 1. The number of aromatic hydroxyl groups is 1. The third kappa shape index (κ3) is 5.79. The summed E-state index contributed by atoms with van der Waals surface area (Å²) in [5.74, 6) is 0.0199. The zero-order chi connectivity index (χ0) is 23.1. The molecule has 0 aliphatic heterocycles. The van der Waals surface area contributed by atoms with Gasteiger partial charge in [-0.2, -0.15) is 4.98 Å². The molecule has 0 aliphatic carbocycles. The number of carbonyl (C=O) groups excluding carboxylic acids is 1. The molecule has 10 heteroatoms. The zero-order valence-electron chi connectivity index (χ0n) is 18.1. The summed E-state index contributed by atoms with van der Waals surface area (Å²) in [6.07, 6.45) is 4.06. The Kier molecular flexibility index (Phi) is 8.10. The molecule has 1 amide bonds. The molecule has 0 bridgehead atoms. The topological polar surface area (TPSA) is 122 Å². The lowest BCUT2D eigenvalue weighted by atomic mass is 10.2. The van der Waals surface area contributed by atoms with Crippen molar-refractivity contribution >= 4 is 28.7 Å². The molecule has 172 valence electrons. The van der Waals surface area contributed by atoms with Crippen LogP contribution in [0.3, 0.4) is 0 Å². The van der Waals surface area contributed by atoms with Crippen LogP contribution in [0.15, 0.2) is 33.9 Å². The van der Waals surface area contributed by atoms with Gasteiger partial charge in [-0.25, -0.2) is 4.79 Å². The Hall–Kier alpha value is -3.07. The Morgan fingerprint density at radius 2 is 1.91 bits per heavy atom. The van der Waals surface area contributed by atoms with Crippen molar-refractivity contribution in [2.24, 2.45) is 0 Å². The summed E-state index contributed by atoms with van der Waals surface area (Å²) in [5, 5.41) is 12.3. The van der Waals surface area contributed by atoms with Gasteiger partial charge in [0.2, 0.25) is 11.2 Å². The minimum absolute atomic E-state index is 0.0712. The van der Waals surface area contributed by atoms with Gasteiger partial charge in [0, 0.05) is 26.1 Å². The molecule has 0 saturated carbocycles. The van der Waals surface area contributed by atoms with Crippen molar-refractivity contribution in [3.8, 4) is 5.75 Å². The molecular formula is C22H28ClN5O4. The first-order chi connectivity index (χ1) is 15.4. The van der Waals surface area contributed by atoms with E-state index in [0.717, 1.165) is 24.8 Å². The number of carbonyl (C=O) groups is 1. The number of rotatable bonds is 11. The molecule has 3 rings (SSSR count). The quantitative estimate of drug-likeness (QED) is 0.299. The fourth-order valence-electron chi connectivity index (χ4n) is 3.57. The molecule has 0 spiro atoms. The highest BCUT2D eigenvalue weighted by molar-refractivity contribution is 6.28. The molecule has 3 N–H and O–H groups in total. The van der Waals surface area contributed by atoms with E-state index in [2.05, 4.69) is 22.2 Å². The molecule has 2 aromatic heterocycles. The molecule has 0 radical (unpaired) electrons. The number of aryl methyl sites for hydroxylation is 1. The van der Waals surface area contributed by atoms with Crippen molar-refractivity contribution in [3.63, 3.8) is 0 Å². The zero-order valence-corrected chi connectivity index (χ0v) is 18.8. The van der Waals surface area contributed by atoms with E-state index in [1.807, 2.05) is 6.07 Å².